The molecule has 0 aliphatic carbocycles. The summed E-state index contributed by atoms with van der Waals surface area (Å²) in [5.74, 6) is -7.58. The van der Waals surface area contributed by atoms with E-state index in [0.717, 1.165) is 20.8 Å². The predicted molar refractivity (Wildman–Crippen MR) is 171 cm³/mol. The number of carbonyl (C=O) groups excluding carboxylic acids is 9. The molecule has 1 rings (SSSR count). The van der Waals surface area contributed by atoms with Crippen molar-refractivity contribution in [2.45, 2.75) is 77.4 Å². The van der Waals surface area contributed by atoms with Crippen LogP contribution in [0.1, 0.15) is 59.3 Å². The van der Waals surface area contributed by atoms with Gasteiger partial charge in [0.2, 0.25) is 53.2 Å². The smallest absolute Gasteiger partial charge is 0.756 e. The van der Waals surface area contributed by atoms with Gasteiger partial charge in [-0.3, -0.25) is 43.2 Å². The summed E-state index contributed by atoms with van der Waals surface area (Å²) in [6.45, 7) is 0.246. The van der Waals surface area contributed by atoms with Crippen LogP contribution in [0.4, 0.5) is 0 Å². The Morgan fingerprint density at radius 2 is 0.837 bits per heavy atom. The molecule has 1 fully saturated rings. The Morgan fingerprint density at radius 3 is 1.20 bits per heavy atom. The Balaban J connectivity index is 0.0000230. The third-order valence-electron chi connectivity index (χ3n) is 6.85. The molecule has 0 aromatic carbocycles. The van der Waals surface area contributed by atoms with Crippen molar-refractivity contribution < 1.29 is 43.2 Å². The summed E-state index contributed by atoms with van der Waals surface area (Å²) in [5, 5.41) is 49.6. The number of hydrogen-bond donors (Lipinski definition) is 6. The maximum Gasteiger partial charge on any atom is 3.00 e. The molecule has 9 amide bonds. The Labute approximate surface area is 292 Å². The van der Waals surface area contributed by atoms with Gasteiger partial charge in [0.15, 0.2) is 0 Å². The van der Waals surface area contributed by atoms with Crippen LogP contribution in [-0.4, -0.2) is 143 Å². The van der Waals surface area contributed by atoms with Crippen LogP contribution < -0.4 is 31.9 Å². The van der Waals surface area contributed by atoms with Gasteiger partial charge in [0, 0.05) is 40.4 Å². The van der Waals surface area contributed by atoms with E-state index in [4.69, 9.17) is 0 Å². The van der Waals surface area contributed by atoms with Crippen LogP contribution in [0.2, 0.25) is 0 Å². The van der Waals surface area contributed by atoms with Gasteiger partial charge in [-0.25, -0.2) is 0 Å². The maximum absolute atomic E-state index is 13.5. The van der Waals surface area contributed by atoms with Gasteiger partial charge in [0.05, 0.1) is 19.6 Å². The van der Waals surface area contributed by atoms with Crippen LogP contribution in [0.25, 0.3) is 0 Å². The van der Waals surface area contributed by atoms with E-state index in [-0.39, 0.29) is 90.7 Å². The molecule has 0 bridgehead atoms. The van der Waals surface area contributed by atoms with E-state index < -0.39 is 90.9 Å². The number of carbonyl (C=O) groups is 9. The van der Waals surface area contributed by atoms with Gasteiger partial charge in [-0.15, -0.1) is 0 Å². The van der Waals surface area contributed by atoms with E-state index in [1.165, 1.54) is 0 Å². The van der Waals surface area contributed by atoms with Gasteiger partial charge in [0.1, 0.15) is 18.1 Å². The summed E-state index contributed by atoms with van der Waals surface area (Å²) in [6.07, 6.45) is -0.885. The first-order valence-corrected chi connectivity index (χ1v) is 15.1. The zero-order valence-electron chi connectivity index (χ0n) is 27.5. The number of hydroxylamine groups is 6. The fourth-order valence-corrected chi connectivity index (χ4v) is 4.16. The molecule has 6 N–H and O–H groups in total. The van der Waals surface area contributed by atoms with Gasteiger partial charge in [-0.2, -0.15) is 0 Å². The minimum absolute atomic E-state index is 0. The molecule has 3 unspecified atom stereocenters. The number of hydrogen-bond acceptors (Lipinski definition) is 12. The van der Waals surface area contributed by atoms with Gasteiger partial charge in [-0.05, 0) is 38.5 Å². The fraction of sp³-hybridized carbons (Fsp3) is 0.667. The first-order valence-electron chi connectivity index (χ1n) is 15.1. The summed E-state index contributed by atoms with van der Waals surface area (Å²) in [7, 11) is 0. The molecule has 270 valence electrons. The normalized spacial score (nSPS) is 19.6. The van der Waals surface area contributed by atoms with Crippen LogP contribution in [0.5, 0.6) is 0 Å². The molecular weight excluding hydrogens is 669 g/mol. The Hall–Kier alpha value is -4.36. The van der Waals surface area contributed by atoms with Crippen LogP contribution in [0.15, 0.2) is 0 Å². The Bertz CT molecular complexity index is 1180. The second-order valence-electron chi connectivity index (χ2n) is 10.8. The van der Waals surface area contributed by atoms with Crippen LogP contribution in [0.3, 0.4) is 0 Å². The molecule has 0 saturated carbocycles. The number of rotatable bonds is 12. The van der Waals surface area contributed by atoms with E-state index in [9.17, 15) is 58.8 Å². The second kappa shape index (κ2) is 23.1. The zero-order valence-corrected chi connectivity index (χ0v) is 28.7. The molecule has 21 nitrogen and oxygen atoms in total. The van der Waals surface area contributed by atoms with Crippen LogP contribution in [0, 0.1) is 15.6 Å². The predicted octanol–water partition coefficient (Wildman–Crippen LogP) is -4.20. The number of nitrogens with one attached hydrogen (secondary N) is 6. The average molecular weight is 712 g/mol. The Morgan fingerprint density at radius 1 is 0.531 bits per heavy atom. The third-order valence-corrected chi connectivity index (χ3v) is 6.85. The number of amides is 9. The molecule has 0 aromatic rings. The van der Waals surface area contributed by atoms with Crippen molar-refractivity contribution in [3.8, 4) is 0 Å². The molecule has 1 aliphatic heterocycles. The molecular formula is C27H42AlN9O12. The second-order valence-corrected chi connectivity index (χ2v) is 10.8. The third kappa shape index (κ3) is 18.1. The summed E-state index contributed by atoms with van der Waals surface area (Å²) in [6, 6.07) is -4.26. The van der Waals surface area contributed by atoms with E-state index >= 15 is 0 Å². The first-order chi connectivity index (χ1) is 22.5. The van der Waals surface area contributed by atoms with Crippen LogP contribution >= 0.6 is 0 Å². The van der Waals surface area contributed by atoms with Gasteiger partial charge in [-0.1, -0.05) is 0 Å². The van der Waals surface area contributed by atoms with E-state index in [2.05, 4.69) is 31.9 Å². The molecule has 0 aromatic heterocycles. The monoisotopic (exact) mass is 711 g/mol. The topological polar surface area (TPSA) is 305 Å². The Kier molecular flexibility index (Phi) is 21.0. The summed E-state index contributed by atoms with van der Waals surface area (Å²) in [4.78, 5) is 111. The van der Waals surface area contributed by atoms with E-state index in [1.807, 2.05) is 0 Å². The SMILES string of the molecule is CC(=O)N([O-])CCCC1NC(=O)CNC(=O)CNC(=O)CNC(=O)C(CCCN([O-])C(C)=O)NC(=O)C(CCCN([O-])C(C)=O)NC1=O.[Al+3]. The molecule has 1 saturated heterocycles. The molecule has 22 heteroatoms. The quantitative estimate of drug-likeness (QED) is 0.0830. The van der Waals surface area contributed by atoms with Crippen LogP contribution in [-0.2, 0) is 43.2 Å². The van der Waals surface area contributed by atoms with Crippen molar-refractivity contribution in [3.05, 3.63) is 15.6 Å². The van der Waals surface area contributed by atoms with Gasteiger partial charge >= 0.3 is 17.4 Å². The van der Waals surface area contributed by atoms with Crippen molar-refractivity contribution in [2.75, 3.05) is 39.3 Å². The minimum atomic E-state index is -1.46. The summed E-state index contributed by atoms with van der Waals surface area (Å²) in [5.41, 5.74) is 0. The molecule has 0 radical (unpaired) electrons. The molecule has 49 heavy (non-hydrogen) atoms. The van der Waals surface area contributed by atoms with Crippen molar-refractivity contribution in [1.82, 2.24) is 47.1 Å². The van der Waals surface area contributed by atoms with E-state index in [1.54, 1.807) is 0 Å². The largest absolute Gasteiger partial charge is 3.00 e. The molecule has 1 heterocycles. The van der Waals surface area contributed by atoms with Crippen molar-refractivity contribution in [2.24, 2.45) is 0 Å². The van der Waals surface area contributed by atoms with Crippen molar-refractivity contribution >= 4 is 70.5 Å². The minimum Gasteiger partial charge on any atom is -0.756 e. The molecule has 0 spiro atoms. The maximum atomic E-state index is 13.5. The standard InChI is InChI=1S/C27H42N9O12.Al/c1-16(37)34(46)10-4-7-19-25(43)30-14-23(41)28-13-22(40)29-15-24(42)31-20(8-5-11-35(47)17(2)38)26(44)33-21(27(45)32-19)9-6-12-36(48)18(3)39;/h19-21H,4-15H2,1-3H3,(H,28,41)(H,29,40)(H,30,43)(H,31,42)(H,32,45)(H,33,44);/q-3;+3. The molecule has 1 aliphatic rings. The first kappa shape index (κ1) is 44.6. The van der Waals surface area contributed by atoms with Gasteiger partial charge in [0.25, 0.3) is 0 Å². The zero-order chi connectivity index (χ0) is 36.4. The summed E-state index contributed by atoms with van der Waals surface area (Å²) < 4.78 is 0. The molecule has 3 atom stereocenters. The summed E-state index contributed by atoms with van der Waals surface area (Å²) >= 11 is 0. The average Bonchev–Trinajstić information content (AvgIpc) is 3.02. The fourth-order valence-electron chi connectivity index (χ4n) is 4.16. The van der Waals surface area contributed by atoms with E-state index in [0.29, 0.717) is 0 Å². The van der Waals surface area contributed by atoms with Gasteiger partial charge < -0.3 is 62.7 Å². The van der Waals surface area contributed by atoms with Crippen molar-refractivity contribution in [3.63, 3.8) is 0 Å². The number of nitrogens with zero attached hydrogens (tertiary/aromatic N) is 3. The van der Waals surface area contributed by atoms with Crippen molar-refractivity contribution in [1.29, 1.82) is 0 Å².